The molecular weight excluding hydrogens is 268 g/mol. The van der Waals surface area contributed by atoms with Gasteiger partial charge in [0.2, 0.25) is 5.91 Å². The van der Waals surface area contributed by atoms with Gasteiger partial charge in [-0.3, -0.25) is 4.79 Å². The number of ether oxygens (including phenoxy) is 1. The zero-order chi connectivity index (χ0) is 15.8. The Kier molecular flexibility index (Phi) is 6.88. The Morgan fingerprint density at radius 1 is 1.29 bits per heavy atom. The molecule has 1 amide bonds. The van der Waals surface area contributed by atoms with Gasteiger partial charge in [0.1, 0.15) is 6.04 Å². The molecule has 0 heterocycles. The molecule has 0 aliphatic rings. The number of methoxy groups -OCH3 is 1. The van der Waals surface area contributed by atoms with Crippen molar-refractivity contribution in [2.24, 2.45) is 11.7 Å². The number of hydrogen-bond acceptors (Lipinski definition) is 4. The van der Waals surface area contributed by atoms with Gasteiger partial charge >= 0.3 is 5.97 Å². The average Bonchev–Trinajstić information content (AvgIpc) is 2.52. The van der Waals surface area contributed by atoms with Crippen molar-refractivity contribution in [3.8, 4) is 0 Å². The number of carbonyl (C=O) groups excluding carboxylic acids is 2. The van der Waals surface area contributed by atoms with Crippen LogP contribution in [0.1, 0.15) is 25.8 Å². The minimum atomic E-state index is -0.722. The molecule has 5 heteroatoms. The lowest BCUT2D eigenvalue weighted by atomic mass is 9.98. The highest BCUT2D eigenvalue weighted by atomic mass is 16.5. The van der Waals surface area contributed by atoms with E-state index in [2.05, 4.69) is 5.32 Å². The first-order chi connectivity index (χ1) is 9.99. The van der Waals surface area contributed by atoms with Gasteiger partial charge in [-0.25, -0.2) is 4.79 Å². The van der Waals surface area contributed by atoms with Crippen molar-refractivity contribution >= 4 is 11.9 Å². The van der Waals surface area contributed by atoms with Crippen LogP contribution in [0.25, 0.3) is 0 Å². The standard InChI is InChI=1S/C16H24N2O3/c1-4-11(2)14(17)15(19)18-13(16(20)21-3)10-12-8-6-5-7-9-12/h5-9,11,13-14H,4,10,17H2,1-3H3,(H,18,19)/t11?,13-,14-/m0/s1. The first-order valence-corrected chi connectivity index (χ1v) is 7.17. The lowest BCUT2D eigenvalue weighted by Gasteiger charge is -2.22. The lowest BCUT2D eigenvalue weighted by molar-refractivity contribution is -0.145. The molecule has 0 aliphatic heterocycles. The molecule has 0 spiro atoms. The molecule has 21 heavy (non-hydrogen) atoms. The van der Waals surface area contributed by atoms with Gasteiger partial charge in [0.15, 0.2) is 0 Å². The smallest absolute Gasteiger partial charge is 0.328 e. The van der Waals surface area contributed by atoms with E-state index in [1.807, 2.05) is 44.2 Å². The van der Waals surface area contributed by atoms with E-state index in [9.17, 15) is 9.59 Å². The van der Waals surface area contributed by atoms with Crippen molar-refractivity contribution in [1.29, 1.82) is 0 Å². The molecule has 0 fully saturated rings. The third-order valence-corrected chi connectivity index (χ3v) is 3.64. The van der Waals surface area contributed by atoms with Gasteiger partial charge in [-0.1, -0.05) is 50.6 Å². The van der Waals surface area contributed by atoms with Crippen molar-refractivity contribution in [1.82, 2.24) is 5.32 Å². The maximum atomic E-state index is 12.1. The van der Waals surface area contributed by atoms with Gasteiger partial charge in [-0.15, -0.1) is 0 Å². The quantitative estimate of drug-likeness (QED) is 0.741. The van der Waals surface area contributed by atoms with Crippen molar-refractivity contribution < 1.29 is 14.3 Å². The van der Waals surface area contributed by atoms with E-state index in [0.29, 0.717) is 6.42 Å². The lowest BCUT2D eigenvalue weighted by Crippen LogP contribution is -2.51. The van der Waals surface area contributed by atoms with Crippen LogP contribution in [0.4, 0.5) is 0 Å². The summed E-state index contributed by atoms with van der Waals surface area (Å²) < 4.78 is 4.76. The number of hydrogen-bond donors (Lipinski definition) is 2. The molecule has 1 aromatic rings. The third-order valence-electron chi connectivity index (χ3n) is 3.64. The predicted molar refractivity (Wildman–Crippen MR) is 81.5 cm³/mol. The Morgan fingerprint density at radius 3 is 2.43 bits per heavy atom. The minimum Gasteiger partial charge on any atom is -0.467 e. The highest BCUT2D eigenvalue weighted by Crippen LogP contribution is 2.08. The SMILES string of the molecule is CCC(C)[C@H](N)C(=O)N[C@@H](Cc1ccccc1)C(=O)OC. The Labute approximate surface area is 125 Å². The number of nitrogens with two attached hydrogens (primary N) is 1. The van der Waals surface area contributed by atoms with Crippen molar-refractivity contribution in [2.45, 2.75) is 38.8 Å². The summed E-state index contributed by atoms with van der Waals surface area (Å²) in [5, 5.41) is 2.69. The Morgan fingerprint density at radius 2 is 1.90 bits per heavy atom. The zero-order valence-electron chi connectivity index (χ0n) is 12.8. The van der Waals surface area contributed by atoms with Gasteiger partial charge in [-0.05, 0) is 11.5 Å². The normalized spacial score (nSPS) is 14.9. The maximum absolute atomic E-state index is 12.1. The van der Waals surface area contributed by atoms with Crippen LogP contribution in [0.15, 0.2) is 30.3 Å². The van der Waals surface area contributed by atoms with Crippen LogP contribution in [0.2, 0.25) is 0 Å². The molecule has 0 bridgehead atoms. The second-order valence-corrected chi connectivity index (χ2v) is 5.19. The number of carbonyl (C=O) groups is 2. The van der Waals surface area contributed by atoms with Gasteiger partial charge in [0.05, 0.1) is 13.2 Å². The summed E-state index contributed by atoms with van der Waals surface area (Å²) in [6.45, 7) is 3.88. The molecule has 1 unspecified atom stereocenters. The Hall–Kier alpha value is -1.88. The monoisotopic (exact) mass is 292 g/mol. The van der Waals surface area contributed by atoms with Crippen molar-refractivity contribution in [2.75, 3.05) is 7.11 Å². The molecule has 5 nitrogen and oxygen atoms in total. The fraction of sp³-hybridized carbons (Fsp3) is 0.500. The van der Waals surface area contributed by atoms with E-state index in [1.165, 1.54) is 7.11 Å². The van der Waals surface area contributed by atoms with Crippen LogP contribution in [0, 0.1) is 5.92 Å². The highest BCUT2D eigenvalue weighted by molar-refractivity contribution is 5.87. The van der Waals surface area contributed by atoms with Gasteiger partial charge in [0, 0.05) is 6.42 Å². The maximum Gasteiger partial charge on any atom is 0.328 e. The molecule has 1 aromatic carbocycles. The predicted octanol–water partition coefficient (Wildman–Crippen LogP) is 1.26. The van der Waals surface area contributed by atoms with E-state index in [4.69, 9.17) is 10.5 Å². The molecule has 3 atom stereocenters. The molecule has 0 saturated heterocycles. The highest BCUT2D eigenvalue weighted by Gasteiger charge is 2.26. The van der Waals surface area contributed by atoms with Gasteiger partial charge < -0.3 is 15.8 Å². The summed E-state index contributed by atoms with van der Waals surface area (Å²) in [5.41, 5.74) is 6.84. The largest absolute Gasteiger partial charge is 0.467 e. The van der Waals surface area contributed by atoms with Crippen LogP contribution in [-0.2, 0) is 20.7 Å². The van der Waals surface area contributed by atoms with E-state index in [1.54, 1.807) is 0 Å². The molecule has 0 aliphatic carbocycles. The first kappa shape index (κ1) is 17.2. The number of benzene rings is 1. The summed E-state index contributed by atoms with van der Waals surface area (Å²) in [5.74, 6) is -0.737. The molecule has 0 aromatic heterocycles. The summed E-state index contributed by atoms with van der Waals surface area (Å²) in [7, 11) is 1.31. The molecular formula is C16H24N2O3. The fourth-order valence-electron chi connectivity index (χ4n) is 1.97. The van der Waals surface area contributed by atoms with Crippen molar-refractivity contribution in [3.63, 3.8) is 0 Å². The van der Waals surface area contributed by atoms with Crippen LogP contribution < -0.4 is 11.1 Å². The molecule has 1 rings (SSSR count). The van der Waals surface area contributed by atoms with E-state index in [-0.39, 0.29) is 11.8 Å². The number of amides is 1. The van der Waals surface area contributed by atoms with Gasteiger partial charge in [0.25, 0.3) is 0 Å². The fourth-order valence-corrected chi connectivity index (χ4v) is 1.97. The second-order valence-electron chi connectivity index (χ2n) is 5.19. The van der Waals surface area contributed by atoms with E-state index in [0.717, 1.165) is 12.0 Å². The minimum absolute atomic E-state index is 0.0556. The topological polar surface area (TPSA) is 81.4 Å². The molecule has 3 N–H and O–H groups in total. The van der Waals surface area contributed by atoms with Crippen LogP contribution in [0.5, 0.6) is 0 Å². The van der Waals surface area contributed by atoms with E-state index >= 15 is 0 Å². The van der Waals surface area contributed by atoms with Crippen LogP contribution in [-0.4, -0.2) is 31.1 Å². The summed E-state index contributed by atoms with van der Waals surface area (Å²) in [6, 6.07) is 8.12. The average molecular weight is 292 g/mol. The summed E-state index contributed by atoms with van der Waals surface area (Å²) in [6.07, 6.45) is 1.18. The Bertz CT molecular complexity index is 462. The van der Waals surface area contributed by atoms with Gasteiger partial charge in [-0.2, -0.15) is 0 Å². The molecule has 0 saturated carbocycles. The van der Waals surface area contributed by atoms with E-state index < -0.39 is 18.1 Å². The first-order valence-electron chi connectivity index (χ1n) is 7.17. The molecule has 116 valence electrons. The number of rotatable bonds is 7. The van der Waals surface area contributed by atoms with Crippen molar-refractivity contribution in [3.05, 3.63) is 35.9 Å². The molecule has 0 radical (unpaired) electrons. The summed E-state index contributed by atoms with van der Waals surface area (Å²) in [4.78, 5) is 24.0. The Balaban J connectivity index is 2.75. The van der Waals surface area contributed by atoms with Crippen LogP contribution >= 0.6 is 0 Å². The number of nitrogens with one attached hydrogen (secondary N) is 1. The van der Waals surface area contributed by atoms with Crippen LogP contribution in [0.3, 0.4) is 0 Å². The number of esters is 1. The summed E-state index contributed by atoms with van der Waals surface area (Å²) >= 11 is 0. The third kappa shape index (κ3) is 5.19. The zero-order valence-corrected chi connectivity index (χ0v) is 12.8. The second kappa shape index (κ2) is 8.42.